The Labute approximate surface area is 117 Å². The number of nitrogens with one attached hydrogen (secondary N) is 2. The Hall–Kier alpha value is -1.26. The van der Waals surface area contributed by atoms with Crippen LogP contribution in [0.25, 0.3) is 0 Å². The lowest BCUT2D eigenvalue weighted by molar-refractivity contribution is -0.143. The fourth-order valence-electron chi connectivity index (χ4n) is 1.47. The van der Waals surface area contributed by atoms with Crippen LogP contribution in [0.5, 0.6) is 0 Å². The molecule has 0 bridgehead atoms. The highest BCUT2D eigenvalue weighted by molar-refractivity contribution is 5.79. The van der Waals surface area contributed by atoms with Crippen LogP contribution in [-0.2, 0) is 9.53 Å². The van der Waals surface area contributed by atoms with Crippen LogP contribution in [0.2, 0.25) is 0 Å². The Morgan fingerprint density at radius 3 is 2.58 bits per heavy atom. The second-order valence-electron chi connectivity index (χ2n) is 4.78. The summed E-state index contributed by atoms with van der Waals surface area (Å²) in [6.07, 6.45) is 2.27. The van der Waals surface area contributed by atoms with Crippen molar-refractivity contribution in [3.8, 4) is 0 Å². The predicted molar refractivity (Wildman–Crippen MR) is 79.3 cm³/mol. The van der Waals surface area contributed by atoms with Crippen LogP contribution in [0.15, 0.2) is 4.99 Å². The van der Waals surface area contributed by atoms with Crippen LogP contribution in [-0.4, -0.2) is 38.2 Å². The Morgan fingerprint density at radius 2 is 2.00 bits per heavy atom. The van der Waals surface area contributed by atoms with Crippen molar-refractivity contribution < 1.29 is 9.53 Å². The molecular formula is C14H29N3O2. The molecule has 0 heterocycles. The highest BCUT2D eigenvalue weighted by Crippen LogP contribution is 1.96. The molecule has 0 aliphatic heterocycles. The van der Waals surface area contributed by atoms with Gasteiger partial charge >= 0.3 is 5.97 Å². The summed E-state index contributed by atoms with van der Waals surface area (Å²) in [4.78, 5) is 15.6. The minimum absolute atomic E-state index is 0.143. The van der Waals surface area contributed by atoms with Crippen molar-refractivity contribution in [3.05, 3.63) is 0 Å². The molecule has 0 aromatic carbocycles. The first-order chi connectivity index (χ1) is 9.10. The first-order valence-electron chi connectivity index (χ1n) is 7.27. The van der Waals surface area contributed by atoms with E-state index in [9.17, 15) is 4.79 Å². The van der Waals surface area contributed by atoms with E-state index in [0.717, 1.165) is 31.9 Å². The lowest BCUT2D eigenvalue weighted by Crippen LogP contribution is -2.38. The molecule has 0 unspecified atom stereocenters. The third-order valence-corrected chi connectivity index (χ3v) is 2.47. The third-order valence-electron chi connectivity index (χ3n) is 2.47. The lowest BCUT2D eigenvalue weighted by atomic mass is 10.1. The highest BCUT2D eigenvalue weighted by Gasteiger charge is 2.01. The van der Waals surface area contributed by atoms with Crippen LogP contribution in [0.3, 0.4) is 0 Å². The molecule has 0 rings (SSSR count). The summed E-state index contributed by atoms with van der Waals surface area (Å²) in [6, 6.07) is 0. The zero-order valence-corrected chi connectivity index (χ0v) is 12.8. The van der Waals surface area contributed by atoms with Gasteiger partial charge in [0.1, 0.15) is 0 Å². The van der Waals surface area contributed by atoms with Crippen molar-refractivity contribution >= 4 is 11.9 Å². The number of ether oxygens (including phenoxy) is 1. The number of guanidine groups is 1. The third kappa shape index (κ3) is 11.6. The summed E-state index contributed by atoms with van der Waals surface area (Å²) in [5.41, 5.74) is 0. The Balaban J connectivity index is 3.88. The summed E-state index contributed by atoms with van der Waals surface area (Å²) >= 11 is 0. The summed E-state index contributed by atoms with van der Waals surface area (Å²) in [7, 11) is 0. The van der Waals surface area contributed by atoms with Crippen LogP contribution in [0.1, 0.15) is 47.0 Å². The number of esters is 1. The van der Waals surface area contributed by atoms with E-state index in [1.807, 2.05) is 13.8 Å². The first-order valence-corrected chi connectivity index (χ1v) is 7.27. The fraction of sp³-hybridized carbons (Fsp3) is 0.857. The average Bonchev–Trinajstić information content (AvgIpc) is 2.34. The van der Waals surface area contributed by atoms with Gasteiger partial charge in [-0.05, 0) is 32.6 Å². The molecule has 0 aromatic rings. The molecule has 0 spiro atoms. The zero-order chi connectivity index (χ0) is 14.5. The molecule has 2 N–H and O–H groups in total. The molecule has 0 aromatic heterocycles. The SMILES string of the molecule is CCNC(=NCCCC(=O)OCC)NCCC(C)C. The molecular weight excluding hydrogens is 242 g/mol. The van der Waals surface area contributed by atoms with E-state index in [2.05, 4.69) is 29.5 Å². The maximum atomic E-state index is 11.2. The van der Waals surface area contributed by atoms with Crippen molar-refractivity contribution in [3.63, 3.8) is 0 Å². The van der Waals surface area contributed by atoms with E-state index < -0.39 is 0 Å². The molecule has 5 heteroatoms. The maximum absolute atomic E-state index is 11.2. The minimum Gasteiger partial charge on any atom is -0.466 e. The number of carbonyl (C=O) groups is 1. The fourth-order valence-corrected chi connectivity index (χ4v) is 1.47. The maximum Gasteiger partial charge on any atom is 0.305 e. The number of hydrogen-bond acceptors (Lipinski definition) is 3. The summed E-state index contributed by atoms with van der Waals surface area (Å²) in [5, 5.41) is 6.48. The van der Waals surface area contributed by atoms with Crippen LogP contribution in [0.4, 0.5) is 0 Å². The number of rotatable bonds is 9. The van der Waals surface area contributed by atoms with E-state index in [1.165, 1.54) is 0 Å². The topological polar surface area (TPSA) is 62.7 Å². The van der Waals surface area contributed by atoms with Crippen LogP contribution >= 0.6 is 0 Å². The quantitative estimate of drug-likeness (QED) is 0.291. The van der Waals surface area contributed by atoms with Gasteiger partial charge in [0.2, 0.25) is 0 Å². The Kier molecular flexibility index (Phi) is 11.0. The number of nitrogens with zero attached hydrogens (tertiary/aromatic N) is 1. The first kappa shape index (κ1) is 17.7. The van der Waals surface area contributed by atoms with Crippen molar-refractivity contribution in [2.75, 3.05) is 26.2 Å². The van der Waals surface area contributed by atoms with Gasteiger partial charge in [-0.25, -0.2) is 0 Å². The van der Waals surface area contributed by atoms with Crippen molar-refractivity contribution in [1.82, 2.24) is 10.6 Å². The van der Waals surface area contributed by atoms with Gasteiger partial charge in [-0.1, -0.05) is 13.8 Å². The van der Waals surface area contributed by atoms with E-state index in [4.69, 9.17) is 4.74 Å². The van der Waals surface area contributed by atoms with Gasteiger partial charge in [0.25, 0.3) is 0 Å². The molecule has 0 aliphatic carbocycles. The van der Waals surface area contributed by atoms with Gasteiger partial charge in [0.05, 0.1) is 6.61 Å². The smallest absolute Gasteiger partial charge is 0.305 e. The number of aliphatic imine (C=N–C) groups is 1. The molecule has 0 saturated carbocycles. The largest absolute Gasteiger partial charge is 0.466 e. The Morgan fingerprint density at radius 1 is 1.26 bits per heavy atom. The van der Waals surface area contributed by atoms with Crippen molar-refractivity contribution in [1.29, 1.82) is 0 Å². The molecule has 5 nitrogen and oxygen atoms in total. The van der Waals surface area contributed by atoms with Crippen LogP contribution < -0.4 is 10.6 Å². The molecule has 0 amide bonds. The molecule has 112 valence electrons. The predicted octanol–water partition coefficient (Wildman–Crippen LogP) is 1.93. The van der Waals surface area contributed by atoms with Gasteiger partial charge in [0, 0.05) is 26.1 Å². The lowest BCUT2D eigenvalue weighted by Gasteiger charge is -2.12. The zero-order valence-electron chi connectivity index (χ0n) is 12.8. The second kappa shape index (κ2) is 11.8. The molecule has 0 fully saturated rings. The van der Waals surface area contributed by atoms with Crippen molar-refractivity contribution in [2.24, 2.45) is 10.9 Å². The second-order valence-corrected chi connectivity index (χ2v) is 4.78. The summed E-state index contributed by atoms with van der Waals surface area (Å²) in [6.45, 7) is 11.1. The van der Waals surface area contributed by atoms with E-state index in [0.29, 0.717) is 25.5 Å². The molecule has 0 radical (unpaired) electrons. The van der Waals surface area contributed by atoms with Gasteiger partial charge in [0.15, 0.2) is 5.96 Å². The van der Waals surface area contributed by atoms with E-state index in [-0.39, 0.29) is 5.97 Å². The van der Waals surface area contributed by atoms with E-state index in [1.54, 1.807) is 0 Å². The van der Waals surface area contributed by atoms with Gasteiger partial charge in [-0.15, -0.1) is 0 Å². The molecule has 0 saturated heterocycles. The van der Waals surface area contributed by atoms with Crippen LogP contribution in [0, 0.1) is 5.92 Å². The van der Waals surface area contributed by atoms with Gasteiger partial charge in [-0.3, -0.25) is 9.79 Å². The molecule has 19 heavy (non-hydrogen) atoms. The number of carbonyl (C=O) groups excluding carboxylic acids is 1. The monoisotopic (exact) mass is 271 g/mol. The van der Waals surface area contributed by atoms with Gasteiger partial charge < -0.3 is 15.4 Å². The van der Waals surface area contributed by atoms with Gasteiger partial charge in [-0.2, -0.15) is 0 Å². The average molecular weight is 271 g/mol. The van der Waals surface area contributed by atoms with Crippen molar-refractivity contribution in [2.45, 2.75) is 47.0 Å². The Bertz CT molecular complexity index is 265. The highest BCUT2D eigenvalue weighted by atomic mass is 16.5. The minimum atomic E-state index is -0.143. The molecule has 0 aliphatic rings. The normalized spacial score (nSPS) is 11.5. The number of hydrogen-bond donors (Lipinski definition) is 2. The standard InChI is InChI=1S/C14H29N3O2/c1-5-15-14(17-11-9-12(3)4)16-10-7-8-13(18)19-6-2/h12H,5-11H2,1-4H3,(H2,15,16,17). The van der Waals surface area contributed by atoms with E-state index >= 15 is 0 Å². The summed E-state index contributed by atoms with van der Waals surface area (Å²) in [5.74, 6) is 1.36. The molecule has 0 atom stereocenters. The summed E-state index contributed by atoms with van der Waals surface area (Å²) < 4.78 is 4.87.